The molecule has 5 unspecified atom stereocenters. The highest BCUT2D eigenvalue weighted by molar-refractivity contribution is 5.05. The van der Waals surface area contributed by atoms with Gasteiger partial charge >= 0.3 is 0 Å². The van der Waals surface area contributed by atoms with Crippen LogP contribution in [0.25, 0.3) is 0 Å². The van der Waals surface area contributed by atoms with Crippen LogP contribution in [-0.4, -0.2) is 0 Å². The largest absolute Gasteiger partial charge is 0.0654 e. The molecular formula is C27H54. The molecule has 0 bridgehead atoms. The Hall–Kier alpha value is 0. The van der Waals surface area contributed by atoms with E-state index in [-0.39, 0.29) is 0 Å². The molecule has 0 saturated heterocycles. The van der Waals surface area contributed by atoms with E-state index in [4.69, 9.17) is 0 Å². The molecule has 5 atom stereocenters. The summed E-state index contributed by atoms with van der Waals surface area (Å²) < 4.78 is 0. The Morgan fingerprint density at radius 2 is 1.37 bits per heavy atom. The van der Waals surface area contributed by atoms with Gasteiger partial charge in [-0.25, -0.2) is 0 Å². The van der Waals surface area contributed by atoms with Gasteiger partial charge < -0.3 is 0 Å². The Morgan fingerprint density at radius 3 is 1.81 bits per heavy atom. The van der Waals surface area contributed by atoms with Gasteiger partial charge in [0, 0.05) is 0 Å². The highest BCUT2D eigenvalue weighted by Gasteiger charge is 2.56. The average molecular weight is 379 g/mol. The van der Waals surface area contributed by atoms with Crippen LogP contribution in [-0.2, 0) is 0 Å². The van der Waals surface area contributed by atoms with Gasteiger partial charge in [-0.3, -0.25) is 0 Å². The Morgan fingerprint density at radius 1 is 0.778 bits per heavy atom. The zero-order valence-electron chi connectivity index (χ0n) is 20.4. The Kier molecular flexibility index (Phi) is 11.6. The Bertz CT molecular complexity index is 364. The molecule has 0 aromatic heterocycles. The van der Waals surface area contributed by atoms with Crippen molar-refractivity contribution in [3.63, 3.8) is 0 Å². The molecule has 0 heteroatoms. The van der Waals surface area contributed by atoms with E-state index in [1.165, 1.54) is 77.0 Å². The van der Waals surface area contributed by atoms with Gasteiger partial charge in [0.25, 0.3) is 0 Å². The van der Waals surface area contributed by atoms with Crippen molar-refractivity contribution in [3.05, 3.63) is 0 Å². The molecular weight excluding hydrogens is 324 g/mol. The molecule has 1 saturated carbocycles. The molecule has 0 aromatic rings. The van der Waals surface area contributed by atoms with Gasteiger partial charge in [-0.2, -0.15) is 0 Å². The minimum atomic E-state index is 0.659. The average Bonchev–Trinajstić information content (AvgIpc) is 2.64. The summed E-state index contributed by atoms with van der Waals surface area (Å²) in [5.74, 6) is 5.59. The minimum Gasteiger partial charge on any atom is -0.0654 e. The normalized spacial score (nSPS) is 27.8. The number of rotatable bonds is 15. The zero-order valence-corrected chi connectivity index (χ0v) is 20.4. The number of hydrogen-bond acceptors (Lipinski definition) is 0. The first-order chi connectivity index (χ1) is 12.9. The van der Waals surface area contributed by atoms with Crippen molar-refractivity contribution in [2.75, 3.05) is 0 Å². The van der Waals surface area contributed by atoms with Crippen LogP contribution >= 0.6 is 0 Å². The fourth-order valence-corrected chi connectivity index (χ4v) is 6.68. The fourth-order valence-electron chi connectivity index (χ4n) is 6.68. The van der Waals surface area contributed by atoms with Crippen LogP contribution in [0, 0.1) is 40.9 Å². The van der Waals surface area contributed by atoms with Crippen molar-refractivity contribution < 1.29 is 0 Å². The molecule has 0 amide bonds. The highest BCUT2D eigenvalue weighted by Crippen LogP contribution is 2.64. The van der Waals surface area contributed by atoms with Gasteiger partial charge in [0.2, 0.25) is 0 Å². The van der Waals surface area contributed by atoms with Crippen LogP contribution in [0.1, 0.15) is 132 Å². The monoisotopic (exact) mass is 378 g/mol. The van der Waals surface area contributed by atoms with Gasteiger partial charge in [-0.1, -0.05) is 113 Å². The quantitative estimate of drug-likeness (QED) is 0.249. The van der Waals surface area contributed by atoms with Gasteiger partial charge in [0.15, 0.2) is 0 Å². The summed E-state index contributed by atoms with van der Waals surface area (Å²) in [7, 11) is 0. The maximum absolute atomic E-state index is 2.66. The summed E-state index contributed by atoms with van der Waals surface area (Å²) in [5, 5.41) is 0. The summed E-state index contributed by atoms with van der Waals surface area (Å²) >= 11 is 0. The summed E-state index contributed by atoms with van der Waals surface area (Å²) in [4.78, 5) is 0. The van der Waals surface area contributed by atoms with Crippen molar-refractivity contribution >= 4 is 0 Å². The smallest absolute Gasteiger partial charge is 0.0235 e. The van der Waals surface area contributed by atoms with Crippen molar-refractivity contribution in [3.8, 4) is 0 Å². The van der Waals surface area contributed by atoms with E-state index < -0.39 is 0 Å². The Balaban J connectivity index is 3.06. The van der Waals surface area contributed by atoms with Crippen LogP contribution in [0.3, 0.4) is 0 Å². The molecule has 0 heterocycles. The van der Waals surface area contributed by atoms with Gasteiger partial charge in [0.05, 0.1) is 0 Å². The molecule has 0 aromatic carbocycles. The van der Waals surface area contributed by atoms with Crippen LogP contribution in [0.5, 0.6) is 0 Å². The molecule has 0 N–H and O–H groups in total. The van der Waals surface area contributed by atoms with Gasteiger partial charge in [-0.15, -0.1) is 0 Å². The summed E-state index contributed by atoms with van der Waals surface area (Å²) in [6, 6.07) is 0. The molecule has 1 aliphatic carbocycles. The molecule has 0 spiro atoms. The third-order valence-electron chi connectivity index (χ3n) is 8.61. The van der Waals surface area contributed by atoms with Crippen LogP contribution < -0.4 is 0 Å². The standard InChI is InChI=1S/C27H54/c1-9-13-14-15-19-27(20-25(23(27)8)22(7)21(5)6)26(18-12-4)24(16-10-2)17-11-3/h21-26H,9-20H2,1-8H3. The van der Waals surface area contributed by atoms with E-state index in [9.17, 15) is 0 Å². The summed E-state index contributed by atoms with van der Waals surface area (Å²) in [6.45, 7) is 19.7. The van der Waals surface area contributed by atoms with Crippen LogP contribution in [0.4, 0.5) is 0 Å². The topological polar surface area (TPSA) is 0 Å². The maximum atomic E-state index is 2.66. The second kappa shape index (κ2) is 12.5. The van der Waals surface area contributed by atoms with Crippen LogP contribution in [0.15, 0.2) is 0 Å². The van der Waals surface area contributed by atoms with Crippen molar-refractivity contribution in [2.45, 2.75) is 132 Å². The summed E-state index contributed by atoms with van der Waals surface area (Å²) in [5.41, 5.74) is 0.659. The lowest BCUT2D eigenvalue weighted by Gasteiger charge is -2.62. The third kappa shape index (κ3) is 6.24. The highest BCUT2D eigenvalue weighted by atomic mass is 14.6. The van der Waals surface area contributed by atoms with E-state index in [1.807, 2.05) is 0 Å². The zero-order chi connectivity index (χ0) is 20.4. The van der Waals surface area contributed by atoms with E-state index in [1.54, 1.807) is 0 Å². The van der Waals surface area contributed by atoms with E-state index in [0.29, 0.717) is 5.41 Å². The van der Waals surface area contributed by atoms with Gasteiger partial charge in [0.1, 0.15) is 0 Å². The maximum Gasteiger partial charge on any atom is -0.0235 e. The second-order valence-electron chi connectivity index (χ2n) is 10.5. The third-order valence-corrected chi connectivity index (χ3v) is 8.61. The summed E-state index contributed by atoms with van der Waals surface area (Å²) in [6.07, 6.45) is 17.3. The first-order valence-electron chi connectivity index (χ1n) is 12.9. The molecule has 0 nitrogen and oxygen atoms in total. The molecule has 1 aliphatic rings. The lowest BCUT2D eigenvalue weighted by atomic mass is 9.42. The van der Waals surface area contributed by atoms with Crippen molar-refractivity contribution in [1.82, 2.24) is 0 Å². The predicted octanol–water partition coefficient (Wildman–Crippen LogP) is 9.52. The number of unbranched alkanes of at least 4 members (excludes halogenated alkanes) is 3. The molecule has 27 heavy (non-hydrogen) atoms. The molecule has 1 fully saturated rings. The first kappa shape index (κ1) is 25.0. The van der Waals surface area contributed by atoms with Crippen molar-refractivity contribution in [2.24, 2.45) is 40.9 Å². The fraction of sp³-hybridized carbons (Fsp3) is 1.00. The Labute approximate surface area is 173 Å². The van der Waals surface area contributed by atoms with Gasteiger partial charge in [-0.05, 0) is 60.2 Å². The SMILES string of the molecule is CCCCCCC1(C(CCC)C(CCC)CCC)CC(C(C)C(C)C)C1C. The van der Waals surface area contributed by atoms with E-state index >= 15 is 0 Å². The lowest BCUT2D eigenvalue weighted by molar-refractivity contribution is -0.137. The minimum absolute atomic E-state index is 0.659. The number of hydrogen-bond donors (Lipinski definition) is 0. The van der Waals surface area contributed by atoms with E-state index in [0.717, 1.165) is 35.5 Å². The van der Waals surface area contributed by atoms with Crippen LogP contribution in [0.2, 0.25) is 0 Å². The van der Waals surface area contributed by atoms with Crippen molar-refractivity contribution in [1.29, 1.82) is 0 Å². The molecule has 1 rings (SSSR count). The molecule has 0 radical (unpaired) electrons. The predicted molar refractivity (Wildman–Crippen MR) is 124 cm³/mol. The van der Waals surface area contributed by atoms with E-state index in [2.05, 4.69) is 55.4 Å². The molecule has 0 aliphatic heterocycles. The molecule has 162 valence electrons. The lowest BCUT2D eigenvalue weighted by Crippen LogP contribution is -2.55. The first-order valence-corrected chi connectivity index (χ1v) is 12.9. The second-order valence-corrected chi connectivity index (χ2v) is 10.5.